The molecule has 2 N–H and O–H groups in total. The molecule has 2 rings (SSSR count). The molecule has 1 aromatic rings. The minimum atomic E-state index is -0.522. The number of aromatic nitrogens is 2. The number of rotatable bonds is 1. The zero-order valence-corrected chi connectivity index (χ0v) is 6.23. The Labute approximate surface area is 68.4 Å². The van der Waals surface area contributed by atoms with Crippen LogP contribution in [0, 0.1) is 0 Å². The fraction of sp³-hybridized carbons (Fsp3) is 0.143. The smallest absolute Gasteiger partial charge is 0.255 e. The Kier molecular flexibility index (Phi) is 1.36. The van der Waals surface area contributed by atoms with Gasteiger partial charge in [0.25, 0.3) is 5.91 Å². The molecule has 62 valence electrons. The highest BCUT2D eigenvalue weighted by Crippen LogP contribution is 2.20. The van der Waals surface area contributed by atoms with Crippen molar-refractivity contribution in [2.45, 2.75) is 0 Å². The topological polar surface area (TPSA) is 70.1 Å². The van der Waals surface area contributed by atoms with E-state index in [1.54, 1.807) is 12.3 Å². The molecule has 5 heteroatoms. The second kappa shape index (κ2) is 2.37. The van der Waals surface area contributed by atoms with E-state index in [4.69, 9.17) is 10.5 Å². The molecule has 0 spiro atoms. The Hall–Kier alpha value is -1.78. The number of fused-ring (bicyclic) bond motifs is 1. The van der Waals surface area contributed by atoms with Crippen molar-refractivity contribution in [2.24, 2.45) is 5.73 Å². The van der Waals surface area contributed by atoms with Crippen molar-refractivity contribution in [2.75, 3.05) is 6.61 Å². The van der Waals surface area contributed by atoms with Gasteiger partial charge in [0.15, 0.2) is 0 Å². The average Bonchev–Trinajstić information content (AvgIpc) is 2.47. The third-order valence-corrected chi connectivity index (χ3v) is 1.58. The number of nitrogens with zero attached hydrogens (tertiary/aromatic N) is 2. The van der Waals surface area contributed by atoms with Crippen LogP contribution in [0.5, 0.6) is 5.88 Å². The molecule has 0 atom stereocenters. The molecule has 0 bridgehead atoms. The van der Waals surface area contributed by atoms with Crippen LogP contribution in [-0.2, 0) is 0 Å². The molecule has 0 aromatic carbocycles. The molecule has 0 unspecified atom stereocenters. The van der Waals surface area contributed by atoms with Gasteiger partial charge in [0, 0.05) is 6.20 Å². The summed E-state index contributed by atoms with van der Waals surface area (Å²) < 4.78 is 6.64. The summed E-state index contributed by atoms with van der Waals surface area (Å²) in [6.45, 7) is 0.450. The molecule has 0 saturated heterocycles. The highest BCUT2D eigenvalue weighted by Gasteiger charge is 2.16. The summed E-state index contributed by atoms with van der Waals surface area (Å²) in [6.07, 6.45) is 4.92. The van der Waals surface area contributed by atoms with E-state index in [-0.39, 0.29) is 0 Å². The van der Waals surface area contributed by atoms with Crippen LogP contribution in [0.1, 0.15) is 10.4 Å². The first-order chi connectivity index (χ1) is 5.79. The Morgan fingerprint density at radius 1 is 1.75 bits per heavy atom. The van der Waals surface area contributed by atoms with Crippen LogP contribution in [-0.4, -0.2) is 22.3 Å². The Balaban J connectivity index is 2.53. The highest BCUT2D eigenvalue weighted by molar-refractivity contribution is 5.95. The van der Waals surface area contributed by atoms with E-state index in [0.29, 0.717) is 18.1 Å². The van der Waals surface area contributed by atoms with Crippen LogP contribution in [0.4, 0.5) is 0 Å². The van der Waals surface area contributed by atoms with Gasteiger partial charge in [-0.05, 0) is 6.08 Å². The highest BCUT2D eigenvalue weighted by atomic mass is 16.5. The van der Waals surface area contributed by atoms with Crippen molar-refractivity contribution in [1.29, 1.82) is 0 Å². The number of carbonyl (C=O) groups excluding carboxylic acids is 1. The number of amides is 1. The van der Waals surface area contributed by atoms with E-state index in [9.17, 15) is 4.79 Å². The summed E-state index contributed by atoms with van der Waals surface area (Å²) in [5, 5.41) is 3.88. The third kappa shape index (κ3) is 0.868. The molecule has 5 nitrogen and oxygen atoms in total. The summed E-state index contributed by atoms with van der Waals surface area (Å²) in [6, 6.07) is 0. The Bertz CT molecular complexity index is 354. The molecular weight excluding hydrogens is 158 g/mol. The summed E-state index contributed by atoms with van der Waals surface area (Å²) in [7, 11) is 0. The van der Waals surface area contributed by atoms with E-state index >= 15 is 0 Å². The number of carbonyl (C=O) groups is 1. The molecule has 0 fully saturated rings. The van der Waals surface area contributed by atoms with Gasteiger partial charge in [-0.15, -0.1) is 0 Å². The van der Waals surface area contributed by atoms with E-state index in [1.807, 2.05) is 0 Å². The summed E-state index contributed by atoms with van der Waals surface area (Å²) >= 11 is 0. The molecule has 1 aliphatic rings. The van der Waals surface area contributed by atoms with Gasteiger partial charge < -0.3 is 10.5 Å². The van der Waals surface area contributed by atoms with Crippen molar-refractivity contribution in [1.82, 2.24) is 9.78 Å². The lowest BCUT2D eigenvalue weighted by molar-refractivity contribution is 0.0996. The van der Waals surface area contributed by atoms with Crippen LogP contribution in [0.2, 0.25) is 0 Å². The number of ether oxygens (including phenoxy) is 1. The predicted molar refractivity (Wildman–Crippen MR) is 41.6 cm³/mol. The van der Waals surface area contributed by atoms with Gasteiger partial charge in [0.2, 0.25) is 5.88 Å². The summed E-state index contributed by atoms with van der Waals surface area (Å²) in [5.74, 6) is -0.100. The van der Waals surface area contributed by atoms with E-state index in [1.165, 1.54) is 10.9 Å². The molecule has 12 heavy (non-hydrogen) atoms. The normalized spacial score (nSPS) is 13.7. The lowest BCUT2D eigenvalue weighted by Gasteiger charge is -2.09. The number of hydrogen-bond acceptors (Lipinski definition) is 3. The van der Waals surface area contributed by atoms with Crippen molar-refractivity contribution >= 4 is 12.1 Å². The van der Waals surface area contributed by atoms with Gasteiger partial charge in [-0.1, -0.05) is 0 Å². The largest absolute Gasteiger partial charge is 0.473 e. The van der Waals surface area contributed by atoms with Gasteiger partial charge >= 0.3 is 0 Å². The van der Waals surface area contributed by atoms with Crippen molar-refractivity contribution in [3.63, 3.8) is 0 Å². The molecule has 0 saturated carbocycles. The molecule has 0 aliphatic carbocycles. The van der Waals surface area contributed by atoms with Gasteiger partial charge in [-0.3, -0.25) is 4.79 Å². The average molecular weight is 165 g/mol. The van der Waals surface area contributed by atoms with Crippen LogP contribution >= 0.6 is 0 Å². The van der Waals surface area contributed by atoms with Crippen LogP contribution in [0.25, 0.3) is 6.20 Å². The number of nitrogens with two attached hydrogens (primary N) is 1. The Morgan fingerprint density at radius 3 is 3.33 bits per heavy atom. The zero-order valence-electron chi connectivity index (χ0n) is 6.23. The first-order valence-electron chi connectivity index (χ1n) is 3.46. The molecule has 2 heterocycles. The summed E-state index contributed by atoms with van der Waals surface area (Å²) in [5.41, 5.74) is 5.40. The maximum Gasteiger partial charge on any atom is 0.255 e. The molecule has 0 radical (unpaired) electrons. The fourth-order valence-corrected chi connectivity index (χ4v) is 1.04. The van der Waals surface area contributed by atoms with E-state index in [0.717, 1.165) is 0 Å². The monoisotopic (exact) mass is 165 g/mol. The maximum absolute atomic E-state index is 10.8. The number of hydrogen-bond donors (Lipinski definition) is 1. The zero-order chi connectivity index (χ0) is 8.55. The van der Waals surface area contributed by atoms with Gasteiger partial charge in [-0.25, -0.2) is 4.68 Å². The number of primary amides is 1. The lowest BCUT2D eigenvalue weighted by atomic mass is 10.3. The van der Waals surface area contributed by atoms with E-state index in [2.05, 4.69) is 5.10 Å². The minimum absolute atomic E-state index is 0.319. The van der Waals surface area contributed by atoms with Gasteiger partial charge in [0.1, 0.15) is 12.2 Å². The second-order valence-electron chi connectivity index (χ2n) is 2.37. The summed E-state index contributed by atoms with van der Waals surface area (Å²) in [4.78, 5) is 10.8. The lowest BCUT2D eigenvalue weighted by Crippen LogP contribution is -2.14. The second-order valence-corrected chi connectivity index (χ2v) is 2.37. The molecular formula is C7H7N3O2. The van der Waals surface area contributed by atoms with Crippen LogP contribution in [0.3, 0.4) is 0 Å². The van der Waals surface area contributed by atoms with Crippen molar-refractivity contribution in [3.05, 3.63) is 17.8 Å². The first kappa shape index (κ1) is 6.90. The predicted octanol–water partition coefficient (Wildman–Crippen LogP) is -0.155. The Morgan fingerprint density at radius 2 is 2.58 bits per heavy atom. The van der Waals surface area contributed by atoms with Crippen molar-refractivity contribution in [3.8, 4) is 5.88 Å². The molecule has 1 aromatic heterocycles. The van der Waals surface area contributed by atoms with Crippen LogP contribution < -0.4 is 10.5 Å². The third-order valence-electron chi connectivity index (χ3n) is 1.58. The first-order valence-corrected chi connectivity index (χ1v) is 3.46. The van der Waals surface area contributed by atoms with E-state index < -0.39 is 5.91 Å². The fourth-order valence-electron chi connectivity index (χ4n) is 1.04. The van der Waals surface area contributed by atoms with Gasteiger partial charge in [-0.2, -0.15) is 5.10 Å². The molecule has 1 aliphatic heterocycles. The standard InChI is InChI=1S/C7H7N3O2/c8-6(11)5-4-9-10-2-1-3-12-7(5)10/h1-2,4H,3H2,(H2,8,11). The quantitative estimate of drug-likeness (QED) is 0.628. The minimum Gasteiger partial charge on any atom is -0.473 e. The van der Waals surface area contributed by atoms with Crippen molar-refractivity contribution < 1.29 is 9.53 Å². The van der Waals surface area contributed by atoms with Gasteiger partial charge in [0.05, 0.1) is 6.20 Å². The van der Waals surface area contributed by atoms with Crippen LogP contribution in [0.15, 0.2) is 12.3 Å². The maximum atomic E-state index is 10.8. The SMILES string of the molecule is NC(=O)c1cnn2c1OCC=C2. The molecule has 1 amide bonds.